The van der Waals surface area contributed by atoms with Gasteiger partial charge in [-0.2, -0.15) is 10.2 Å². The SMILES string of the molecule is CC(C)c1c(NC(=O)Nc2ccn(C3CCOCC3)n2)cnn1-c1ccccc1. The van der Waals surface area contributed by atoms with Crippen molar-refractivity contribution >= 4 is 17.5 Å². The van der Waals surface area contributed by atoms with Gasteiger partial charge in [0.15, 0.2) is 5.82 Å². The number of aromatic nitrogens is 4. The van der Waals surface area contributed by atoms with Gasteiger partial charge in [-0.15, -0.1) is 0 Å². The van der Waals surface area contributed by atoms with Crippen molar-refractivity contribution in [2.45, 2.75) is 38.6 Å². The smallest absolute Gasteiger partial charge is 0.324 e. The number of ether oxygens (including phenoxy) is 1. The molecule has 0 aliphatic carbocycles. The molecule has 8 nitrogen and oxygen atoms in total. The highest BCUT2D eigenvalue weighted by atomic mass is 16.5. The molecule has 8 heteroatoms. The van der Waals surface area contributed by atoms with Crippen LogP contribution >= 0.6 is 0 Å². The molecule has 152 valence electrons. The Kier molecular flexibility index (Phi) is 5.62. The highest BCUT2D eigenvalue weighted by Gasteiger charge is 2.19. The van der Waals surface area contributed by atoms with E-state index in [0.29, 0.717) is 17.5 Å². The molecule has 4 rings (SSSR count). The Labute approximate surface area is 169 Å². The number of hydrogen-bond donors (Lipinski definition) is 2. The van der Waals surface area contributed by atoms with Crippen LogP contribution < -0.4 is 10.6 Å². The molecular formula is C21H26N6O2. The van der Waals surface area contributed by atoms with E-state index in [-0.39, 0.29) is 11.9 Å². The highest BCUT2D eigenvalue weighted by molar-refractivity contribution is 5.99. The fourth-order valence-electron chi connectivity index (χ4n) is 3.61. The van der Waals surface area contributed by atoms with Crippen molar-refractivity contribution in [3.05, 3.63) is 54.5 Å². The number of amides is 2. The predicted octanol–water partition coefficient (Wildman–Crippen LogP) is 4.19. The number of rotatable bonds is 5. The topological polar surface area (TPSA) is 86.0 Å². The third-order valence-corrected chi connectivity index (χ3v) is 5.02. The Morgan fingerprint density at radius 2 is 1.90 bits per heavy atom. The zero-order valence-corrected chi connectivity index (χ0v) is 16.7. The van der Waals surface area contributed by atoms with Crippen molar-refractivity contribution in [1.29, 1.82) is 0 Å². The van der Waals surface area contributed by atoms with Crippen molar-refractivity contribution in [1.82, 2.24) is 19.6 Å². The number of anilines is 2. The second kappa shape index (κ2) is 8.48. The van der Waals surface area contributed by atoms with Gasteiger partial charge in [-0.25, -0.2) is 9.48 Å². The number of benzene rings is 1. The predicted molar refractivity (Wildman–Crippen MR) is 112 cm³/mol. The first-order valence-corrected chi connectivity index (χ1v) is 9.96. The van der Waals surface area contributed by atoms with Gasteiger partial charge in [-0.05, 0) is 30.9 Å². The van der Waals surface area contributed by atoms with E-state index in [1.807, 2.05) is 52.0 Å². The van der Waals surface area contributed by atoms with Crippen LogP contribution in [-0.2, 0) is 4.74 Å². The molecule has 3 aromatic rings. The maximum Gasteiger partial charge on any atom is 0.324 e. The lowest BCUT2D eigenvalue weighted by atomic mass is 10.1. The lowest BCUT2D eigenvalue weighted by Crippen LogP contribution is -2.22. The minimum Gasteiger partial charge on any atom is -0.381 e. The van der Waals surface area contributed by atoms with Gasteiger partial charge in [0.2, 0.25) is 0 Å². The van der Waals surface area contributed by atoms with Crippen LogP contribution in [0, 0.1) is 0 Å². The van der Waals surface area contributed by atoms with Crippen molar-refractivity contribution < 1.29 is 9.53 Å². The summed E-state index contributed by atoms with van der Waals surface area (Å²) in [5.74, 6) is 0.705. The Morgan fingerprint density at radius 1 is 1.14 bits per heavy atom. The molecule has 1 aliphatic rings. The van der Waals surface area contributed by atoms with E-state index >= 15 is 0 Å². The van der Waals surface area contributed by atoms with Crippen molar-refractivity contribution in [2.75, 3.05) is 23.8 Å². The van der Waals surface area contributed by atoms with Crippen LogP contribution in [0.4, 0.5) is 16.3 Å². The average molecular weight is 394 g/mol. The van der Waals surface area contributed by atoms with Gasteiger partial charge in [-0.1, -0.05) is 32.0 Å². The molecule has 0 saturated carbocycles. The number of urea groups is 1. The van der Waals surface area contributed by atoms with E-state index in [1.165, 1.54) is 0 Å². The molecule has 2 amide bonds. The summed E-state index contributed by atoms with van der Waals surface area (Å²) in [6.45, 7) is 5.65. The van der Waals surface area contributed by atoms with Crippen LogP contribution in [0.1, 0.15) is 44.3 Å². The Bertz CT molecular complexity index is 957. The molecule has 3 heterocycles. The van der Waals surface area contributed by atoms with Crippen LogP contribution in [0.3, 0.4) is 0 Å². The van der Waals surface area contributed by atoms with Crippen molar-refractivity contribution in [3.8, 4) is 5.69 Å². The molecule has 2 aromatic heterocycles. The zero-order chi connectivity index (χ0) is 20.2. The zero-order valence-electron chi connectivity index (χ0n) is 16.7. The molecule has 0 radical (unpaired) electrons. The highest BCUT2D eigenvalue weighted by Crippen LogP contribution is 2.27. The van der Waals surface area contributed by atoms with Gasteiger partial charge in [0.1, 0.15) is 0 Å². The van der Waals surface area contributed by atoms with Gasteiger partial charge in [0.25, 0.3) is 0 Å². The summed E-state index contributed by atoms with van der Waals surface area (Å²) in [5.41, 5.74) is 2.59. The molecule has 1 aromatic carbocycles. The lowest BCUT2D eigenvalue weighted by molar-refractivity contribution is 0.0663. The number of carbonyl (C=O) groups excluding carboxylic acids is 1. The third-order valence-electron chi connectivity index (χ3n) is 5.02. The molecule has 0 unspecified atom stereocenters. The number of para-hydroxylation sites is 1. The monoisotopic (exact) mass is 394 g/mol. The summed E-state index contributed by atoms with van der Waals surface area (Å²) in [6.07, 6.45) is 5.45. The number of hydrogen-bond acceptors (Lipinski definition) is 4. The molecule has 0 spiro atoms. The molecule has 1 fully saturated rings. The normalized spacial score (nSPS) is 14.9. The van der Waals surface area contributed by atoms with E-state index in [1.54, 1.807) is 6.20 Å². The van der Waals surface area contributed by atoms with Crippen LogP contribution in [-0.4, -0.2) is 38.8 Å². The fraction of sp³-hybridized carbons (Fsp3) is 0.381. The van der Waals surface area contributed by atoms with Crippen molar-refractivity contribution in [2.24, 2.45) is 0 Å². The fourth-order valence-corrected chi connectivity index (χ4v) is 3.61. The first kappa shape index (κ1) is 19.2. The quantitative estimate of drug-likeness (QED) is 0.679. The van der Waals surface area contributed by atoms with Gasteiger partial charge >= 0.3 is 6.03 Å². The van der Waals surface area contributed by atoms with Gasteiger partial charge in [0, 0.05) is 25.5 Å². The standard InChI is InChI=1S/C21H26N6O2/c1-15(2)20-18(14-22-27(20)17-6-4-3-5-7-17)23-21(28)24-19-8-11-26(25-19)16-9-12-29-13-10-16/h3-8,11,14-16H,9-10,12-13H2,1-2H3,(H2,23,24,25,28). The molecule has 0 bridgehead atoms. The maximum absolute atomic E-state index is 12.6. The van der Waals surface area contributed by atoms with E-state index in [2.05, 4.69) is 34.7 Å². The summed E-state index contributed by atoms with van der Waals surface area (Å²) in [7, 11) is 0. The molecule has 2 N–H and O–H groups in total. The molecule has 29 heavy (non-hydrogen) atoms. The van der Waals surface area contributed by atoms with Crippen LogP contribution in [0.2, 0.25) is 0 Å². The summed E-state index contributed by atoms with van der Waals surface area (Å²) in [6, 6.07) is 11.7. The minimum atomic E-state index is -0.336. The van der Waals surface area contributed by atoms with Crippen LogP contribution in [0.25, 0.3) is 5.69 Å². The second-order valence-corrected chi connectivity index (χ2v) is 7.45. The number of carbonyl (C=O) groups is 1. The Morgan fingerprint density at radius 3 is 2.62 bits per heavy atom. The molecule has 1 aliphatic heterocycles. The molecule has 0 atom stereocenters. The Hall–Kier alpha value is -3.13. The van der Waals surface area contributed by atoms with Crippen molar-refractivity contribution in [3.63, 3.8) is 0 Å². The Balaban J connectivity index is 1.46. The van der Waals surface area contributed by atoms with Crippen LogP contribution in [0.15, 0.2) is 48.8 Å². The van der Waals surface area contributed by atoms with E-state index in [0.717, 1.165) is 37.4 Å². The average Bonchev–Trinajstić information content (AvgIpc) is 3.36. The van der Waals surface area contributed by atoms with E-state index in [9.17, 15) is 4.79 Å². The van der Waals surface area contributed by atoms with Crippen LogP contribution in [0.5, 0.6) is 0 Å². The summed E-state index contributed by atoms with van der Waals surface area (Å²) < 4.78 is 9.16. The van der Waals surface area contributed by atoms with Gasteiger partial charge in [-0.3, -0.25) is 10.00 Å². The first-order chi connectivity index (χ1) is 14.1. The largest absolute Gasteiger partial charge is 0.381 e. The lowest BCUT2D eigenvalue weighted by Gasteiger charge is -2.22. The van der Waals surface area contributed by atoms with E-state index in [4.69, 9.17) is 4.74 Å². The minimum absolute atomic E-state index is 0.181. The molecule has 1 saturated heterocycles. The summed E-state index contributed by atoms with van der Waals surface area (Å²) >= 11 is 0. The van der Waals surface area contributed by atoms with Gasteiger partial charge < -0.3 is 10.1 Å². The second-order valence-electron chi connectivity index (χ2n) is 7.45. The third kappa shape index (κ3) is 4.32. The summed E-state index contributed by atoms with van der Waals surface area (Å²) in [5, 5.41) is 14.7. The summed E-state index contributed by atoms with van der Waals surface area (Å²) in [4.78, 5) is 12.6. The maximum atomic E-state index is 12.6. The first-order valence-electron chi connectivity index (χ1n) is 9.96. The van der Waals surface area contributed by atoms with Gasteiger partial charge in [0.05, 0.1) is 29.3 Å². The molecular weight excluding hydrogens is 368 g/mol. The van der Waals surface area contributed by atoms with E-state index < -0.39 is 0 Å². The number of nitrogens with zero attached hydrogens (tertiary/aromatic N) is 4. The number of nitrogens with one attached hydrogen (secondary N) is 2.